The van der Waals surface area contributed by atoms with Crippen LogP contribution in [0.1, 0.15) is 21.5 Å². The minimum absolute atomic E-state index is 0.147. The number of carbonyl (C=O) groups is 1. The number of carbonyl (C=O) groups excluding carboxylic acids is 1. The Bertz CT molecular complexity index is 1410. The van der Waals surface area contributed by atoms with Crippen molar-refractivity contribution in [3.8, 4) is 17.2 Å². The fourth-order valence-electron chi connectivity index (χ4n) is 3.73. The molecule has 0 unspecified atom stereocenters. The molecule has 0 atom stereocenters. The van der Waals surface area contributed by atoms with Crippen LogP contribution in [-0.2, 0) is 6.54 Å². The minimum atomic E-state index is -0.147. The highest BCUT2D eigenvalue weighted by Crippen LogP contribution is 2.32. The summed E-state index contributed by atoms with van der Waals surface area (Å²) in [5.41, 5.74) is 4.21. The summed E-state index contributed by atoms with van der Waals surface area (Å²) in [4.78, 5) is 21.3. The Morgan fingerprint density at radius 2 is 1.76 bits per heavy atom. The van der Waals surface area contributed by atoms with Crippen molar-refractivity contribution >= 4 is 16.8 Å². The Kier molecular flexibility index (Phi) is 5.55. The van der Waals surface area contributed by atoms with Gasteiger partial charge in [0.2, 0.25) is 0 Å². The number of amides is 1. The van der Waals surface area contributed by atoms with E-state index >= 15 is 0 Å². The van der Waals surface area contributed by atoms with Crippen molar-refractivity contribution in [1.29, 1.82) is 0 Å². The Balaban J connectivity index is 1.40. The van der Waals surface area contributed by atoms with Gasteiger partial charge in [0.1, 0.15) is 11.5 Å². The van der Waals surface area contributed by atoms with Gasteiger partial charge in [-0.1, -0.05) is 6.07 Å². The molecule has 3 aromatic heterocycles. The van der Waals surface area contributed by atoms with E-state index in [2.05, 4.69) is 15.3 Å². The topological polar surface area (TPSA) is 69.0 Å². The largest absolute Gasteiger partial charge is 0.456 e. The van der Waals surface area contributed by atoms with Crippen LogP contribution in [0.25, 0.3) is 16.6 Å². The summed E-state index contributed by atoms with van der Waals surface area (Å²) >= 11 is 0. The first kappa shape index (κ1) is 20.5. The van der Waals surface area contributed by atoms with Gasteiger partial charge >= 0.3 is 0 Å². The number of benzene rings is 2. The zero-order valence-electron chi connectivity index (χ0n) is 18.1. The summed E-state index contributed by atoms with van der Waals surface area (Å²) < 4.78 is 8.31. The highest BCUT2D eigenvalue weighted by atomic mass is 16.5. The smallest absolute Gasteiger partial charge is 0.251 e. The lowest BCUT2D eigenvalue weighted by atomic mass is 10.1. The molecule has 0 saturated carbocycles. The van der Waals surface area contributed by atoms with E-state index in [-0.39, 0.29) is 5.91 Å². The van der Waals surface area contributed by atoms with E-state index < -0.39 is 0 Å². The highest BCUT2D eigenvalue weighted by Gasteiger charge is 2.14. The molecule has 0 aliphatic heterocycles. The van der Waals surface area contributed by atoms with Gasteiger partial charge in [-0.25, -0.2) is 0 Å². The van der Waals surface area contributed by atoms with Crippen molar-refractivity contribution in [2.45, 2.75) is 13.5 Å². The van der Waals surface area contributed by atoms with Gasteiger partial charge in [0, 0.05) is 59.7 Å². The molecule has 1 amide bonds. The normalized spacial score (nSPS) is 10.8. The number of hydrogen-bond donors (Lipinski definition) is 1. The van der Waals surface area contributed by atoms with E-state index in [0.717, 1.165) is 27.7 Å². The molecule has 5 aromatic rings. The molecular formula is C27H22N4O2. The standard InChI is InChI=1S/C27H22N4O2/c1-19-22(27(32)30-18-20-9-12-28-13-10-20)5-4-6-25(19)33-26-11-14-29-24-17-21(7-8-23(24)26)31-15-2-3-16-31/h2-17H,18H2,1H3,(H,30,32). The van der Waals surface area contributed by atoms with E-state index in [1.165, 1.54) is 0 Å². The number of nitrogens with one attached hydrogen (secondary N) is 1. The zero-order chi connectivity index (χ0) is 22.6. The molecule has 0 radical (unpaired) electrons. The van der Waals surface area contributed by atoms with Crippen molar-refractivity contribution in [3.63, 3.8) is 0 Å². The average Bonchev–Trinajstić information content (AvgIpc) is 3.39. The van der Waals surface area contributed by atoms with Gasteiger partial charge in [0.05, 0.1) is 5.52 Å². The Hall–Kier alpha value is -4.45. The van der Waals surface area contributed by atoms with Crippen molar-refractivity contribution in [2.75, 3.05) is 0 Å². The summed E-state index contributed by atoms with van der Waals surface area (Å²) in [6.45, 7) is 2.33. The lowest BCUT2D eigenvalue weighted by molar-refractivity contribution is 0.0950. The Morgan fingerprint density at radius 3 is 2.58 bits per heavy atom. The number of ether oxygens (including phenoxy) is 1. The molecular weight excluding hydrogens is 412 g/mol. The van der Waals surface area contributed by atoms with E-state index in [1.807, 2.05) is 84.5 Å². The maximum Gasteiger partial charge on any atom is 0.251 e. The molecule has 33 heavy (non-hydrogen) atoms. The molecule has 0 saturated heterocycles. The van der Waals surface area contributed by atoms with Crippen LogP contribution in [0.5, 0.6) is 11.5 Å². The van der Waals surface area contributed by atoms with Crippen LogP contribution >= 0.6 is 0 Å². The van der Waals surface area contributed by atoms with Gasteiger partial charge < -0.3 is 14.6 Å². The van der Waals surface area contributed by atoms with E-state index in [1.54, 1.807) is 24.7 Å². The number of pyridine rings is 2. The second-order valence-electron chi connectivity index (χ2n) is 7.67. The molecule has 1 N–H and O–H groups in total. The first-order valence-corrected chi connectivity index (χ1v) is 10.7. The molecule has 5 rings (SSSR count). The summed E-state index contributed by atoms with van der Waals surface area (Å²) in [6.07, 6.45) is 9.15. The van der Waals surface area contributed by atoms with E-state index in [4.69, 9.17) is 4.74 Å². The molecule has 6 nitrogen and oxygen atoms in total. The average molecular weight is 434 g/mol. The van der Waals surface area contributed by atoms with Crippen LogP contribution < -0.4 is 10.1 Å². The fraction of sp³-hybridized carbons (Fsp3) is 0.0741. The van der Waals surface area contributed by atoms with Gasteiger partial charge in [-0.15, -0.1) is 0 Å². The van der Waals surface area contributed by atoms with Gasteiger partial charge in [-0.2, -0.15) is 0 Å². The van der Waals surface area contributed by atoms with Crippen LogP contribution in [0.3, 0.4) is 0 Å². The van der Waals surface area contributed by atoms with Crippen LogP contribution in [0.15, 0.2) is 97.7 Å². The third kappa shape index (κ3) is 4.32. The third-order valence-corrected chi connectivity index (χ3v) is 5.54. The summed E-state index contributed by atoms with van der Waals surface area (Å²) in [7, 11) is 0. The predicted octanol–water partition coefficient (Wildman–Crippen LogP) is 5.45. The molecule has 0 spiro atoms. The van der Waals surface area contributed by atoms with E-state index in [0.29, 0.717) is 23.6 Å². The van der Waals surface area contributed by atoms with Crippen molar-refractivity contribution < 1.29 is 9.53 Å². The number of aromatic nitrogens is 3. The van der Waals surface area contributed by atoms with Crippen LogP contribution in [0.2, 0.25) is 0 Å². The quantitative estimate of drug-likeness (QED) is 0.386. The molecule has 3 heterocycles. The Labute approximate surface area is 191 Å². The monoisotopic (exact) mass is 434 g/mol. The second-order valence-corrected chi connectivity index (χ2v) is 7.67. The zero-order valence-corrected chi connectivity index (χ0v) is 18.1. The van der Waals surface area contributed by atoms with Crippen molar-refractivity contribution in [3.05, 3.63) is 114 Å². The van der Waals surface area contributed by atoms with Crippen LogP contribution in [0, 0.1) is 6.92 Å². The number of rotatable bonds is 6. The molecule has 6 heteroatoms. The van der Waals surface area contributed by atoms with Gasteiger partial charge in [-0.3, -0.25) is 14.8 Å². The fourth-order valence-corrected chi connectivity index (χ4v) is 3.73. The van der Waals surface area contributed by atoms with Crippen molar-refractivity contribution in [1.82, 2.24) is 19.9 Å². The van der Waals surface area contributed by atoms with Gasteiger partial charge in [0.25, 0.3) is 5.91 Å². The van der Waals surface area contributed by atoms with Crippen LogP contribution in [-0.4, -0.2) is 20.4 Å². The molecule has 0 bridgehead atoms. The SMILES string of the molecule is Cc1c(Oc2ccnc3cc(-n4cccc4)ccc23)cccc1C(=O)NCc1ccncc1. The first-order valence-electron chi connectivity index (χ1n) is 10.7. The molecule has 0 fully saturated rings. The molecule has 0 aliphatic carbocycles. The number of nitrogens with zero attached hydrogens (tertiary/aromatic N) is 3. The van der Waals surface area contributed by atoms with Crippen molar-refractivity contribution in [2.24, 2.45) is 0 Å². The van der Waals surface area contributed by atoms with E-state index in [9.17, 15) is 4.79 Å². The lowest BCUT2D eigenvalue weighted by Crippen LogP contribution is -2.23. The second kappa shape index (κ2) is 8.96. The summed E-state index contributed by atoms with van der Waals surface area (Å²) in [5.74, 6) is 1.18. The highest BCUT2D eigenvalue weighted by molar-refractivity contribution is 5.96. The molecule has 2 aromatic carbocycles. The third-order valence-electron chi connectivity index (χ3n) is 5.54. The predicted molar refractivity (Wildman–Crippen MR) is 128 cm³/mol. The van der Waals surface area contributed by atoms with Gasteiger partial charge in [0.15, 0.2) is 0 Å². The number of fused-ring (bicyclic) bond motifs is 1. The first-order chi connectivity index (χ1) is 16.2. The maximum absolute atomic E-state index is 12.8. The number of hydrogen-bond acceptors (Lipinski definition) is 4. The van der Waals surface area contributed by atoms with Crippen LogP contribution in [0.4, 0.5) is 0 Å². The maximum atomic E-state index is 12.8. The summed E-state index contributed by atoms with van der Waals surface area (Å²) in [5, 5.41) is 3.86. The van der Waals surface area contributed by atoms with Gasteiger partial charge in [-0.05, 0) is 73.2 Å². The minimum Gasteiger partial charge on any atom is -0.456 e. The molecule has 0 aliphatic rings. The Morgan fingerprint density at radius 1 is 0.939 bits per heavy atom. The molecule has 162 valence electrons. The summed E-state index contributed by atoms with van der Waals surface area (Å²) in [6, 6.07) is 21.1. The lowest BCUT2D eigenvalue weighted by Gasteiger charge is -2.14.